The molecule has 7 nitrogen and oxygen atoms in total. The molecule has 2 heterocycles. The molecule has 0 radical (unpaired) electrons. The molecule has 1 atom stereocenters. The topological polar surface area (TPSA) is 101 Å². The van der Waals surface area contributed by atoms with E-state index in [9.17, 15) is 24.0 Å². The number of nitrogens with one attached hydrogen (secondary N) is 1. The van der Waals surface area contributed by atoms with Crippen molar-refractivity contribution in [1.82, 2.24) is 10.2 Å². The number of hydrogen-bond donors (Lipinski definition) is 1. The van der Waals surface area contributed by atoms with E-state index in [1.54, 1.807) is 42.5 Å². The van der Waals surface area contributed by atoms with Crippen LogP contribution in [-0.4, -0.2) is 40.4 Å². The van der Waals surface area contributed by atoms with Gasteiger partial charge in [-0.05, 0) is 54.8 Å². The first-order chi connectivity index (χ1) is 14.3. The minimum Gasteiger partial charge on any atom is -0.295 e. The summed E-state index contributed by atoms with van der Waals surface area (Å²) in [5, 5.41) is 2.72. The Morgan fingerprint density at radius 2 is 1.70 bits per heavy atom. The summed E-state index contributed by atoms with van der Waals surface area (Å²) in [6, 6.07) is 10.5. The average molecular weight is 425 g/mol. The summed E-state index contributed by atoms with van der Waals surface area (Å²) >= 11 is 5.84. The Hall–Kier alpha value is -3.32. The van der Waals surface area contributed by atoms with Crippen LogP contribution in [0.3, 0.4) is 0 Å². The highest BCUT2D eigenvalue weighted by Crippen LogP contribution is 2.28. The molecular weight excluding hydrogens is 408 g/mol. The van der Waals surface area contributed by atoms with Crippen LogP contribution in [0.15, 0.2) is 42.5 Å². The van der Waals surface area contributed by atoms with Crippen LogP contribution in [0.2, 0.25) is 5.02 Å². The minimum absolute atomic E-state index is 0.0558. The SMILES string of the molecule is O=C1CCC(N2C(=O)c3ccc(CCC(=O)c4ccc(Cl)cc4)cc3C2=O)C(=O)N1. The van der Waals surface area contributed by atoms with Gasteiger partial charge >= 0.3 is 0 Å². The predicted molar refractivity (Wildman–Crippen MR) is 107 cm³/mol. The zero-order valence-electron chi connectivity index (χ0n) is 15.8. The van der Waals surface area contributed by atoms with Crippen LogP contribution in [0.4, 0.5) is 0 Å². The monoisotopic (exact) mass is 424 g/mol. The van der Waals surface area contributed by atoms with Gasteiger partial charge in [0.25, 0.3) is 11.8 Å². The zero-order chi connectivity index (χ0) is 21.4. The van der Waals surface area contributed by atoms with Crippen LogP contribution in [0, 0.1) is 0 Å². The number of piperidine rings is 1. The number of fused-ring (bicyclic) bond motifs is 1. The van der Waals surface area contributed by atoms with E-state index < -0.39 is 29.7 Å². The van der Waals surface area contributed by atoms with Crippen molar-refractivity contribution in [2.75, 3.05) is 0 Å². The first-order valence-corrected chi connectivity index (χ1v) is 9.86. The van der Waals surface area contributed by atoms with Crippen molar-refractivity contribution in [1.29, 1.82) is 0 Å². The molecule has 2 aliphatic rings. The third-order valence-electron chi connectivity index (χ3n) is 5.31. The maximum absolute atomic E-state index is 12.8. The molecule has 8 heteroatoms. The summed E-state index contributed by atoms with van der Waals surface area (Å²) in [6.45, 7) is 0. The van der Waals surface area contributed by atoms with Crippen LogP contribution < -0.4 is 5.32 Å². The lowest BCUT2D eigenvalue weighted by molar-refractivity contribution is -0.136. The molecule has 152 valence electrons. The van der Waals surface area contributed by atoms with E-state index in [2.05, 4.69) is 5.32 Å². The standard InChI is InChI=1S/C22H17ClN2O5/c23-14-5-3-13(4-6-14)18(26)9-2-12-1-7-15-16(11-12)22(30)25(21(15)29)17-8-10-19(27)24-20(17)28/h1,3-7,11,17H,2,8-10H2,(H,24,27,28). The van der Waals surface area contributed by atoms with E-state index in [0.29, 0.717) is 17.0 Å². The van der Waals surface area contributed by atoms with Gasteiger partial charge in [-0.15, -0.1) is 0 Å². The molecule has 2 aliphatic heterocycles. The lowest BCUT2D eigenvalue weighted by atomic mass is 9.99. The molecule has 0 bridgehead atoms. The third kappa shape index (κ3) is 3.64. The van der Waals surface area contributed by atoms with Gasteiger partial charge in [0.15, 0.2) is 5.78 Å². The highest BCUT2D eigenvalue weighted by atomic mass is 35.5. The van der Waals surface area contributed by atoms with E-state index in [1.807, 2.05) is 0 Å². The molecule has 2 aromatic rings. The Labute approximate surface area is 177 Å². The van der Waals surface area contributed by atoms with Gasteiger partial charge in [-0.2, -0.15) is 0 Å². The highest BCUT2D eigenvalue weighted by molar-refractivity contribution is 6.30. The molecule has 1 saturated heterocycles. The van der Waals surface area contributed by atoms with Crippen LogP contribution in [-0.2, 0) is 16.0 Å². The highest BCUT2D eigenvalue weighted by Gasteiger charge is 2.44. The number of carbonyl (C=O) groups excluding carboxylic acids is 5. The Kier molecular flexibility index (Phi) is 5.22. The van der Waals surface area contributed by atoms with Crippen molar-refractivity contribution in [2.24, 2.45) is 0 Å². The maximum Gasteiger partial charge on any atom is 0.262 e. The summed E-state index contributed by atoms with van der Waals surface area (Å²) in [4.78, 5) is 62.3. The number of rotatable bonds is 5. The van der Waals surface area contributed by atoms with Gasteiger partial charge in [0, 0.05) is 23.4 Å². The Bertz CT molecular complexity index is 1090. The number of nitrogens with zero attached hydrogens (tertiary/aromatic N) is 1. The quantitative estimate of drug-likeness (QED) is 0.587. The van der Waals surface area contributed by atoms with Gasteiger partial charge in [0.1, 0.15) is 6.04 Å². The molecule has 30 heavy (non-hydrogen) atoms. The maximum atomic E-state index is 12.8. The van der Waals surface area contributed by atoms with Gasteiger partial charge in [-0.25, -0.2) is 0 Å². The number of hydrogen-bond acceptors (Lipinski definition) is 5. The number of aryl methyl sites for hydroxylation is 1. The number of amides is 4. The van der Waals surface area contributed by atoms with E-state index in [1.165, 1.54) is 0 Å². The molecule has 0 aromatic heterocycles. The fourth-order valence-corrected chi connectivity index (χ4v) is 3.84. The van der Waals surface area contributed by atoms with Gasteiger partial charge in [0.05, 0.1) is 11.1 Å². The summed E-state index contributed by atoms with van der Waals surface area (Å²) in [5.41, 5.74) is 1.72. The molecule has 4 rings (SSSR count). The van der Waals surface area contributed by atoms with Crippen molar-refractivity contribution in [3.05, 3.63) is 69.7 Å². The van der Waals surface area contributed by atoms with Gasteiger partial charge in [-0.3, -0.25) is 34.2 Å². The zero-order valence-corrected chi connectivity index (χ0v) is 16.6. The lowest BCUT2D eigenvalue weighted by Crippen LogP contribution is -2.54. The predicted octanol–water partition coefficient (Wildman–Crippen LogP) is 2.56. The second kappa shape index (κ2) is 7.84. The number of Topliss-reactive ketones (excluding diaryl/α,β-unsaturated/α-hetero) is 1. The van der Waals surface area contributed by atoms with Crippen molar-refractivity contribution in [2.45, 2.75) is 31.7 Å². The number of ketones is 1. The Balaban J connectivity index is 1.49. The smallest absolute Gasteiger partial charge is 0.262 e. The van der Waals surface area contributed by atoms with E-state index in [4.69, 9.17) is 11.6 Å². The molecule has 0 spiro atoms. The first-order valence-electron chi connectivity index (χ1n) is 9.48. The van der Waals surface area contributed by atoms with Crippen LogP contribution >= 0.6 is 11.6 Å². The van der Waals surface area contributed by atoms with E-state index >= 15 is 0 Å². The summed E-state index contributed by atoms with van der Waals surface area (Å²) in [7, 11) is 0. The molecule has 2 aromatic carbocycles. The van der Waals surface area contributed by atoms with Crippen molar-refractivity contribution in [3.8, 4) is 0 Å². The Morgan fingerprint density at radius 3 is 2.40 bits per heavy atom. The second-order valence-electron chi connectivity index (χ2n) is 7.26. The average Bonchev–Trinajstić information content (AvgIpc) is 2.97. The molecule has 0 aliphatic carbocycles. The first kappa shape index (κ1) is 20.0. The molecule has 1 unspecified atom stereocenters. The molecule has 1 fully saturated rings. The van der Waals surface area contributed by atoms with Gasteiger partial charge in [-0.1, -0.05) is 17.7 Å². The van der Waals surface area contributed by atoms with E-state index in [0.717, 1.165) is 10.5 Å². The van der Waals surface area contributed by atoms with Crippen molar-refractivity contribution < 1.29 is 24.0 Å². The molecule has 0 saturated carbocycles. The van der Waals surface area contributed by atoms with Crippen LogP contribution in [0.1, 0.15) is 55.9 Å². The number of imide groups is 2. The van der Waals surface area contributed by atoms with Crippen molar-refractivity contribution in [3.63, 3.8) is 0 Å². The fourth-order valence-electron chi connectivity index (χ4n) is 3.71. The number of halogens is 1. The summed E-state index contributed by atoms with van der Waals surface area (Å²) in [6.07, 6.45) is 0.814. The summed E-state index contributed by atoms with van der Waals surface area (Å²) < 4.78 is 0. The fraction of sp³-hybridized carbons (Fsp3) is 0.227. The van der Waals surface area contributed by atoms with E-state index in [-0.39, 0.29) is 36.2 Å². The Morgan fingerprint density at radius 1 is 1.00 bits per heavy atom. The van der Waals surface area contributed by atoms with Crippen molar-refractivity contribution >= 4 is 41.0 Å². The van der Waals surface area contributed by atoms with Gasteiger partial charge in [0.2, 0.25) is 11.8 Å². The van der Waals surface area contributed by atoms with Crippen LogP contribution in [0.25, 0.3) is 0 Å². The van der Waals surface area contributed by atoms with Gasteiger partial charge < -0.3 is 0 Å². The largest absolute Gasteiger partial charge is 0.295 e. The minimum atomic E-state index is -0.995. The second-order valence-corrected chi connectivity index (χ2v) is 7.69. The lowest BCUT2D eigenvalue weighted by Gasteiger charge is -2.27. The molecular formula is C22H17ClN2O5. The molecule has 4 amide bonds. The number of benzene rings is 2. The van der Waals surface area contributed by atoms with Crippen LogP contribution in [0.5, 0.6) is 0 Å². The summed E-state index contributed by atoms with van der Waals surface area (Å²) in [5.74, 6) is -2.22. The normalized spacial score (nSPS) is 18.4. The number of carbonyl (C=O) groups is 5. The molecule has 1 N–H and O–H groups in total. The third-order valence-corrected chi connectivity index (χ3v) is 5.56.